The minimum atomic E-state index is -4.66. The number of benzene rings is 3. The van der Waals surface area contributed by atoms with E-state index in [1.54, 1.807) is 29.2 Å². The average molecular weight is 942 g/mol. The summed E-state index contributed by atoms with van der Waals surface area (Å²) >= 11 is 6.25. The normalized spacial score (nSPS) is 18.7. The number of aromatic amines is 1. The van der Waals surface area contributed by atoms with Gasteiger partial charge in [0.1, 0.15) is 16.9 Å². The second kappa shape index (κ2) is 17.2. The molecule has 0 unspecified atom stereocenters. The van der Waals surface area contributed by atoms with Gasteiger partial charge in [-0.1, -0.05) is 43.2 Å². The zero-order valence-corrected chi connectivity index (χ0v) is 38.5. The highest BCUT2D eigenvalue weighted by Crippen LogP contribution is 2.43. The van der Waals surface area contributed by atoms with Gasteiger partial charge in [-0.05, 0) is 96.8 Å². The number of rotatable bonds is 12. The lowest BCUT2D eigenvalue weighted by Gasteiger charge is -2.39. The van der Waals surface area contributed by atoms with E-state index in [1.165, 1.54) is 27.1 Å². The lowest BCUT2D eigenvalue weighted by molar-refractivity contribution is -0.384. The fourth-order valence-electron chi connectivity index (χ4n) is 9.15. The number of piperazine rings is 1. The number of fused-ring (bicyclic) bond motifs is 2. The highest BCUT2D eigenvalue weighted by molar-refractivity contribution is 7.90. The first kappa shape index (κ1) is 44.3. The molecule has 1 amide bonds. The number of nitro benzene ring substituents is 1. The molecular formula is C45H49ClN10O7S2. The second-order valence-electron chi connectivity index (χ2n) is 17.9. The van der Waals surface area contributed by atoms with E-state index in [2.05, 4.69) is 60.9 Å². The van der Waals surface area contributed by atoms with Crippen LogP contribution in [0.25, 0.3) is 33.3 Å². The number of pyridine rings is 1. The summed E-state index contributed by atoms with van der Waals surface area (Å²) < 4.78 is 56.7. The van der Waals surface area contributed by atoms with Crippen LogP contribution in [0.3, 0.4) is 0 Å². The van der Waals surface area contributed by atoms with E-state index in [0.717, 1.165) is 73.4 Å². The van der Waals surface area contributed by atoms with Crippen molar-refractivity contribution < 1.29 is 26.6 Å². The second-order valence-corrected chi connectivity index (χ2v) is 22.0. The number of carbonyl (C=O) groups is 1. The van der Waals surface area contributed by atoms with Gasteiger partial charge in [0.05, 0.1) is 39.0 Å². The van der Waals surface area contributed by atoms with Crippen LogP contribution in [0, 0.1) is 15.5 Å². The summed E-state index contributed by atoms with van der Waals surface area (Å²) in [5, 5.41) is 21.4. The molecule has 3 aliphatic rings. The van der Waals surface area contributed by atoms with Crippen molar-refractivity contribution in [2.45, 2.75) is 50.5 Å². The Kier molecular flexibility index (Phi) is 11.7. The van der Waals surface area contributed by atoms with Crippen LogP contribution in [0.1, 0.15) is 55.5 Å². The molecule has 2 fully saturated rings. The van der Waals surface area contributed by atoms with Crippen molar-refractivity contribution in [3.05, 3.63) is 117 Å². The van der Waals surface area contributed by atoms with Crippen molar-refractivity contribution >= 4 is 82.3 Å². The maximum absolute atomic E-state index is 14.2. The summed E-state index contributed by atoms with van der Waals surface area (Å²) in [7, 11) is -8.11. The number of carbonyl (C=O) groups excluding carboxylic acids is 1. The Bertz CT molecular complexity index is 3110. The van der Waals surface area contributed by atoms with Crippen molar-refractivity contribution in [1.82, 2.24) is 33.7 Å². The fourth-order valence-corrected chi connectivity index (χ4v) is 11.2. The van der Waals surface area contributed by atoms with Crippen molar-refractivity contribution in [3.8, 4) is 5.69 Å². The lowest BCUT2D eigenvalue weighted by atomic mass is 9.72. The lowest BCUT2D eigenvalue weighted by Crippen LogP contribution is -2.47. The van der Waals surface area contributed by atoms with Gasteiger partial charge in [-0.15, -0.1) is 0 Å². The molecule has 6 aromatic rings. The number of allylic oxidation sites excluding steroid dienone is 1. The molecule has 3 aromatic carbocycles. The first-order chi connectivity index (χ1) is 30.9. The molecule has 0 saturated carbocycles. The number of anilines is 2. The maximum atomic E-state index is 14.2. The molecule has 2 saturated heterocycles. The summed E-state index contributed by atoms with van der Waals surface area (Å²) in [5.74, 6) is -0.965. The van der Waals surface area contributed by atoms with Crippen LogP contribution >= 0.6 is 11.6 Å². The minimum Gasteiger partial charge on any atom is -0.375 e. The number of hydrogen-bond acceptors (Lipinski definition) is 12. The third kappa shape index (κ3) is 9.33. The number of halogens is 1. The summed E-state index contributed by atoms with van der Waals surface area (Å²) in [5.41, 5.74) is 6.71. The van der Waals surface area contributed by atoms with Gasteiger partial charge in [0.25, 0.3) is 21.6 Å². The van der Waals surface area contributed by atoms with E-state index in [9.17, 15) is 31.7 Å². The molecule has 3 aromatic heterocycles. The Hall–Kier alpha value is -5.86. The van der Waals surface area contributed by atoms with E-state index >= 15 is 0 Å². The number of nitrogens with one attached hydrogen (secondary N) is 3. The highest BCUT2D eigenvalue weighted by atomic mass is 35.5. The molecular weight excluding hydrogens is 892 g/mol. The molecule has 20 heteroatoms. The van der Waals surface area contributed by atoms with Gasteiger partial charge in [-0.3, -0.25) is 19.8 Å². The third-order valence-electron chi connectivity index (χ3n) is 12.7. The first-order valence-corrected chi connectivity index (χ1v) is 25.1. The zero-order chi connectivity index (χ0) is 45.8. The minimum absolute atomic E-state index is 0.00136. The predicted molar refractivity (Wildman–Crippen MR) is 252 cm³/mol. The van der Waals surface area contributed by atoms with Gasteiger partial charge < -0.3 is 15.2 Å². The third-order valence-corrected chi connectivity index (χ3v) is 15.6. The molecule has 0 radical (unpaired) electrons. The number of sulfonamides is 2. The first-order valence-electron chi connectivity index (χ1n) is 21.4. The summed E-state index contributed by atoms with van der Waals surface area (Å²) in [6.07, 6.45) is 8.00. The SMILES string of the molecule is CC1(C)CCC(CN2CCN(c3ccc(C(=O)NS(=O)(=O)c4ccc(N[C@@H]5CCN(S(C)(=O)=O)C5)c([N+](=O)[O-])c4)c(-n4ncc5nc6[nH]ccc6cc54)c3)CC2)=C(c2ccc(Cl)cc2)C1. The van der Waals surface area contributed by atoms with E-state index in [-0.39, 0.29) is 29.8 Å². The van der Waals surface area contributed by atoms with Crippen LogP contribution < -0.4 is 14.9 Å². The molecule has 340 valence electrons. The molecule has 2 aliphatic heterocycles. The average Bonchev–Trinajstić information content (AvgIpc) is 4.04. The van der Waals surface area contributed by atoms with Crippen LogP contribution in [-0.2, 0) is 20.0 Å². The summed E-state index contributed by atoms with van der Waals surface area (Å²) in [4.78, 5) is 37.7. The topological polar surface area (TPSA) is 209 Å². The van der Waals surface area contributed by atoms with Crippen LogP contribution in [-0.4, -0.2) is 115 Å². The van der Waals surface area contributed by atoms with E-state index in [4.69, 9.17) is 11.6 Å². The molecule has 0 spiro atoms. The number of amides is 1. The maximum Gasteiger partial charge on any atom is 0.293 e. The Balaban J connectivity index is 0.978. The van der Waals surface area contributed by atoms with Crippen LogP contribution in [0.2, 0.25) is 5.02 Å². The van der Waals surface area contributed by atoms with Gasteiger partial charge in [0, 0.05) is 80.2 Å². The summed E-state index contributed by atoms with van der Waals surface area (Å²) in [6.45, 7) is 8.89. The van der Waals surface area contributed by atoms with Crippen LogP contribution in [0.5, 0.6) is 0 Å². The van der Waals surface area contributed by atoms with Crippen LogP contribution in [0.4, 0.5) is 17.1 Å². The smallest absolute Gasteiger partial charge is 0.293 e. The standard InChI is InChI=1S/C45H49ClN10O7S2/c1-45(2)15-12-31(37(25-45)29-4-6-32(46)7-5-29)27-52-18-20-53(21-19-52)34-8-10-36(40(23-34)55-41-22-30-13-16-47-43(30)50-39(41)26-48-55)44(57)51-65(62,63)35-9-11-38(42(24-35)56(58)59)49-33-14-17-54(28-33)64(3,60)61/h4-11,13,16,22-24,26,33,49H,12,14-15,17-21,25,27-28H2,1-3H3,(H,47,50)(H,51,57)/t33-/m1/s1. The fraction of sp³-hybridized carbons (Fsp3) is 0.356. The van der Waals surface area contributed by atoms with Gasteiger partial charge in [0.15, 0.2) is 0 Å². The molecule has 1 atom stereocenters. The summed E-state index contributed by atoms with van der Waals surface area (Å²) in [6, 6.07) is 20.0. The molecule has 0 bridgehead atoms. The zero-order valence-electron chi connectivity index (χ0n) is 36.1. The van der Waals surface area contributed by atoms with Gasteiger partial charge in [-0.25, -0.2) is 35.5 Å². The van der Waals surface area contributed by atoms with Crippen molar-refractivity contribution in [2.75, 3.05) is 62.3 Å². The van der Waals surface area contributed by atoms with Crippen LogP contribution in [0.15, 0.2) is 95.7 Å². The molecule has 9 rings (SSSR count). The Morgan fingerprint density at radius 2 is 1.75 bits per heavy atom. The van der Waals surface area contributed by atoms with Crippen molar-refractivity contribution in [2.24, 2.45) is 5.41 Å². The highest BCUT2D eigenvalue weighted by Gasteiger charge is 2.33. The number of nitrogens with zero attached hydrogens (tertiary/aromatic N) is 7. The van der Waals surface area contributed by atoms with Crippen molar-refractivity contribution in [1.29, 1.82) is 0 Å². The molecule has 65 heavy (non-hydrogen) atoms. The molecule has 5 heterocycles. The van der Waals surface area contributed by atoms with E-state index in [1.807, 2.05) is 30.3 Å². The monoisotopic (exact) mass is 940 g/mol. The Morgan fingerprint density at radius 1 is 0.985 bits per heavy atom. The van der Waals surface area contributed by atoms with Gasteiger partial charge >= 0.3 is 0 Å². The van der Waals surface area contributed by atoms with Gasteiger partial charge in [0.2, 0.25) is 10.0 Å². The number of aromatic nitrogens is 4. The number of nitro groups is 1. The van der Waals surface area contributed by atoms with Gasteiger partial charge in [-0.2, -0.15) is 5.10 Å². The molecule has 1 aliphatic carbocycles. The Morgan fingerprint density at radius 3 is 2.48 bits per heavy atom. The predicted octanol–water partition coefficient (Wildman–Crippen LogP) is 6.81. The molecule has 3 N–H and O–H groups in total. The quantitative estimate of drug-likeness (QED) is 0.0854. The molecule has 17 nitrogen and oxygen atoms in total. The largest absolute Gasteiger partial charge is 0.375 e. The van der Waals surface area contributed by atoms with Crippen molar-refractivity contribution in [3.63, 3.8) is 0 Å². The van der Waals surface area contributed by atoms with E-state index in [0.29, 0.717) is 41.9 Å². The van der Waals surface area contributed by atoms with E-state index < -0.39 is 47.5 Å². The number of H-pyrrole nitrogens is 1. The Labute approximate surface area is 381 Å². The number of hydrogen-bond donors (Lipinski definition) is 3.